The molecule has 0 aliphatic carbocycles. The van der Waals surface area contributed by atoms with E-state index in [0.29, 0.717) is 12.5 Å². The third-order valence-corrected chi connectivity index (χ3v) is 2.68. The standard InChI is InChI=1S/C14H23NO2/c1-12(10-16-2)8-15-9-13-6-4-5-7-14(13)11-17-3/h4-7,12,15H,8-11H2,1-3H3. The highest BCUT2D eigenvalue weighted by molar-refractivity contribution is 5.26. The first kappa shape index (κ1) is 14.2. The van der Waals surface area contributed by atoms with Gasteiger partial charge >= 0.3 is 0 Å². The molecule has 1 N–H and O–H groups in total. The van der Waals surface area contributed by atoms with Crippen LogP contribution in [-0.4, -0.2) is 27.4 Å². The second-order valence-electron chi connectivity index (χ2n) is 4.39. The number of methoxy groups -OCH3 is 2. The van der Waals surface area contributed by atoms with E-state index in [1.165, 1.54) is 11.1 Å². The van der Waals surface area contributed by atoms with Gasteiger partial charge in [-0.2, -0.15) is 0 Å². The lowest BCUT2D eigenvalue weighted by atomic mass is 10.1. The van der Waals surface area contributed by atoms with Crippen LogP contribution < -0.4 is 5.32 Å². The Hall–Kier alpha value is -0.900. The molecule has 3 nitrogen and oxygen atoms in total. The summed E-state index contributed by atoms with van der Waals surface area (Å²) in [4.78, 5) is 0. The molecule has 0 amide bonds. The first-order valence-corrected chi connectivity index (χ1v) is 6.03. The number of hydrogen-bond acceptors (Lipinski definition) is 3. The molecule has 0 spiro atoms. The van der Waals surface area contributed by atoms with E-state index in [1.54, 1.807) is 14.2 Å². The highest BCUT2D eigenvalue weighted by Crippen LogP contribution is 2.09. The number of nitrogens with one attached hydrogen (secondary N) is 1. The van der Waals surface area contributed by atoms with Crippen LogP contribution in [0.4, 0.5) is 0 Å². The fraction of sp³-hybridized carbons (Fsp3) is 0.571. The maximum atomic E-state index is 5.19. The molecule has 0 aliphatic heterocycles. The third-order valence-electron chi connectivity index (χ3n) is 2.68. The number of rotatable bonds is 8. The SMILES string of the molecule is COCc1ccccc1CNCC(C)COC. The topological polar surface area (TPSA) is 30.5 Å². The van der Waals surface area contributed by atoms with Crippen LogP contribution in [0.2, 0.25) is 0 Å². The summed E-state index contributed by atoms with van der Waals surface area (Å²) in [5.41, 5.74) is 2.56. The lowest BCUT2D eigenvalue weighted by Crippen LogP contribution is -2.23. The largest absolute Gasteiger partial charge is 0.384 e. The van der Waals surface area contributed by atoms with Crippen molar-refractivity contribution in [1.82, 2.24) is 5.32 Å². The lowest BCUT2D eigenvalue weighted by Gasteiger charge is -2.13. The summed E-state index contributed by atoms with van der Waals surface area (Å²) in [6, 6.07) is 8.36. The minimum absolute atomic E-state index is 0.537. The molecule has 3 heteroatoms. The Morgan fingerprint density at radius 1 is 1.12 bits per heavy atom. The van der Waals surface area contributed by atoms with Gasteiger partial charge in [0.25, 0.3) is 0 Å². The molecular formula is C14H23NO2. The van der Waals surface area contributed by atoms with Crippen LogP contribution in [-0.2, 0) is 22.6 Å². The number of ether oxygens (including phenoxy) is 2. The van der Waals surface area contributed by atoms with Crippen molar-refractivity contribution in [3.8, 4) is 0 Å². The van der Waals surface area contributed by atoms with Gasteiger partial charge in [0, 0.05) is 33.9 Å². The fourth-order valence-corrected chi connectivity index (χ4v) is 1.82. The van der Waals surface area contributed by atoms with Crippen LogP contribution in [0.3, 0.4) is 0 Å². The minimum atomic E-state index is 0.537. The maximum absolute atomic E-state index is 5.19. The predicted octanol–water partition coefficient (Wildman–Crippen LogP) is 2.21. The molecule has 0 fully saturated rings. The van der Waals surface area contributed by atoms with Crippen LogP contribution in [0.1, 0.15) is 18.1 Å². The molecule has 1 unspecified atom stereocenters. The summed E-state index contributed by atoms with van der Waals surface area (Å²) >= 11 is 0. The minimum Gasteiger partial charge on any atom is -0.384 e. The molecule has 1 aromatic carbocycles. The second kappa shape index (κ2) is 8.23. The molecule has 0 saturated carbocycles. The first-order valence-electron chi connectivity index (χ1n) is 6.03. The summed E-state index contributed by atoms with van der Waals surface area (Å²) in [5, 5.41) is 3.45. The zero-order valence-corrected chi connectivity index (χ0v) is 11.0. The molecule has 0 bridgehead atoms. The summed E-state index contributed by atoms with van der Waals surface area (Å²) in [6.45, 7) is 5.50. The Balaban J connectivity index is 2.40. The summed E-state index contributed by atoms with van der Waals surface area (Å²) in [7, 11) is 3.47. The van der Waals surface area contributed by atoms with Crippen LogP contribution >= 0.6 is 0 Å². The van der Waals surface area contributed by atoms with E-state index in [2.05, 4.69) is 30.4 Å². The van der Waals surface area contributed by atoms with Gasteiger partial charge in [-0.15, -0.1) is 0 Å². The highest BCUT2D eigenvalue weighted by Gasteiger charge is 2.03. The van der Waals surface area contributed by atoms with E-state index in [-0.39, 0.29) is 0 Å². The molecule has 0 heterocycles. The van der Waals surface area contributed by atoms with E-state index < -0.39 is 0 Å². The van der Waals surface area contributed by atoms with Gasteiger partial charge in [0.2, 0.25) is 0 Å². The van der Waals surface area contributed by atoms with Crippen LogP contribution in [0.25, 0.3) is 0 Å². The average molecular weight is 237 g/mol. The van der Waals surface area contributed by atoms with Gasteiger partial charge in [-0.1, -0.05) is 31.2 Å². The molecule has 0 radical (unpaired) electrons. The van der Waals surface area contributed by atoms with Gasteiger partial charge in [0.15, 0.2) is 0 Å². The van der Waals surface area contributed by atoms with Gasteiger partial charge < -0.3 is 14.8 Å². The molecular weight excluding hydrogens is 214 g/mol. The van der Waals surface area contributed by atoms with E-state index in [9.17, 15) is 0 Å². The highest BCUT2D eigenvalue weighted by atomic mass is 16.5. The molecule has 96 valence electrons. The van der Waals surface area contributed by atoms with Gasteiger partial charge in [0.1, 0.15) is 0 Å². The Morgan fingerprint density at radius 2 is 1.82 bits per heavy atom. The zero-order chi connectivity index (χ0) is 12.5. The lowest BCUT2D eigenvalue weighted by molar-refractivity contribution is 0.158. The quantitative estimate of drug-likeness (QED) is 0.752. The number of hydrogen-bond donors (Lipinski definition) is 1. The molecule has 1 aromatic rings. The first-order chi connectivity index (χ1) is 8.27. The monoisotopic (exact) mass is 237 g/mol. The van der Waals surface area contributed by atoms with Crippen LogP contribution in [0.5, 0.6) is 0 Å². The predicted molar refractivity (Wildman–Crippen MR) is 69.9 cm³/mol. The van der Waals surface area contributed by atoms with Crippen molar-refractivity contribution in [1.29, 1.82) is 0 Å². The van der Waals surface area contributed by atoms with Gasteiger partial charge in [-0.05, 0) is 17.0 Å². The number of benzene rings is 1. The van der Waals surface area contributed by atoms with E-state index in [1.807, 2.05) is 6.07 Å². The van der Waals surface area contributed by atoms with Crippen molar-refractivity contribution >= 4 is 0 Å². The Kier molecular flexibility index (Phi) is 6.86. The fourth-order valence-electron chi connectivity index (χ4n) is 1.82. The molecule has 0 aliphatic rings. The van der Waals surface area contributed by atoms with Gasteiger partial charge in [-0.3, -0.25) is 0 Å². The average Bonchev–Trinajstić information content (AvgIpc) is 2.32. The van der Waals surface area contributed by atoms with Crippen molar-refractivity contribution in [2.75, 3.05) is 27.4 Å². The Labute approximate surface area is 104 Å². The van der Waals surface area contributed by atoms with Gasteiger partial charge in [-0.25, -0.2) is 0 Å². The van der Waals surface area contributed by atoms with E-state index >= 15 is 0 Å². The van der Waals surface area contributed by atoms with Crippen LogP contribution in [0, 0.1) is 5.92 Å². The summed E-state index contributed by atoms with van der Waals surface area (Å²) in [6.07, 6.45) is 0. The Bertz CT molecular complexity index is 315. The van der Waals surface area contributed by atoms with E-state index in [0.717, 1.165) is 19.7 Å². The molecule has 1 rings (SSSR count). The Morgan fingerprint density at radius 3 is 2.47 bits per heavy atom. The molecule has 0 aromatic heterocycles. The smallest absolute Gasteiger partial charge is 0.0716 e. The second-order valence-corrected chi connectivity index (χ2v) is 4.39. The van der Waals surface area contributed by atoms with Crippen molar-refractivity contribution < 1.29 is 9.47 Å². The zero-order valence-electron chi connectivity index (χ0n) is 11.0. The maximum Gasteiger partial charge on any atom is 0.0716 e. The third kappa shape index (κ3) is 5.31. The van der Waals surface area contributed by atoms with E-state index in [4.69, 9.17) is 9.47 Å². The van der Waals surface area contributed by atoms with Gasteiger partial charge in [0.05, 0.1) is 6.61 Å². The molecule has 1 atom stereocenters. The van der Waals surface area contributed by atoms with Crippen molar-refractivity contribution in [3.63, 3.8) is 0 Å². The molecule has 17 heavy (non-hydrogen) atoms. The van der Waals surface area contributed by atoms with Crippen molar-refractivity contribution in [3.05, 3.63) is 35.4 Å². The van der Waals surface area contributed by atoms with Crippen LogP contribution in [0.15, 0.2) is 24.3 Å². The van der Waals surface area contributed by atoms with Crippen molar-refractivity contribution in [2.45, 2.75) is 20.1 Å². The van der Waals surface area contributed by atoms with Crippen molar-refractivity contribution in [2.24, 2.45) is 5.92 Å². The normalized spacial score (nSPS) is 12.6. The summed E-state index contributed by atoms with van der Waals surface area (Å²) in [5.74, 6) is 0.537. The summed E-state index contributed by atoms with van der Waals surface area (Å²) < 4.78 is 10.3. The molecule has 0 saturated heterocycles.